The number of carbonyl (C=O) groups is 3. The summed E-state index contributed by atoms with van der Waals surface area (Å²) in [6.45, 7) is 6.25. The lowest BCUT2D eigenvalue weighted by molar-refractivity contribution is -0.122. The van der Waals surface area contributed by atoms with Gasteiger partial charge in [-0.15, -0.1) is 0 Å². The van der Waals surface area contributed by atoms with E-state index >= 15 is 0 Å². The molecule has 0 atom stereocenters. The van der Waals surface area contributed by atoms with Gasteiger partial charge in [-0.25, -0.2) is 9.69 Å². The Hall–Kier alpha value is -3.52. The molecule has 4 amide bonds. The highest BCUT2D eigenvalue weighted by atomic mass is 35.5. The largest absolute Gasteiger partial charge is 0.494 e. The van der Waals surface area contributed by atoms with Crippen molar-refractivity contribution in [2.75, 3.05) is 18.6 Å². The first kappa shape index (κ1) is 24.1. The van der Waals surface area contributed by atoms with Crippen molar-refractivity contribution in [1.29, 1.82) is 0 Å². The minimum atomic E-state index is -0.833. The molecule has 9 heteroatoms. The van der Waals surface area contributed by atoms with Crippen LogP contribution in [0.15, 0.2) is 42.0 Å². The average molecular weight is 473 g/mol. The van der Waals surface area contributed by atoms with E-state index in [0.29, 0.717) is 35.1 Å². The molecule has 1 aliphatic rings. The Morgan fingerprint density at radius 1 is 1.12 bits per heavy atom. The molecule has 1 saturated heterocycles. The summed E-state index contributed by atoms with van der Waals surface area (Å²) < 4.78 is 16.6. The second kappa shape index (κ2) is 10.4. The molecule has 1 aliphatic heterocycles. The van der Waals surface area contributed by atoms with Crippen LogP contribution >= 0.6 is 11.6 Å². The second-order valence-electron chi connectivity index (χ2n) is 7.50. The van der Waals surface area contributed by atoms with E-state index in [1.807, 2.05) is 20.8 Å². The van der Waals surface area contributed by atoms with Crippen molar-refractivity contribution in [3.63, 3.8) is 0 Å². The summed E-state index contributed by atoms with van der Waals surface area (Å²) in [6, 6.07) is 8.78. The SMILES string of the molecule is CCCOc1ccc(N2C(=O)NC(=O)/C(=C/c3cc(Cl)c(OC(C)C)c(OC)c3)C2=O)cc1. The van der Waals surface area contributed by atoms with Crippen LogP contribution in [-0.2, 0) is 9.59 Å². The molecule has 0 spiro atoms. The van der Waals surface area contributed by atoms with Gasteiger partial charge in [0.1, 0.15) is 11.3 Å². The monoisotopic (exact) mass is 472 g/mol. The molecule has 0 unspecified atom stereocenters. The number of ether oxygens (including phenoxy) is 3. The van der Waals surface area contributed by atoms with Crippen LogP contribution in [0.25, 0.3) is 6.08 Å². The Labute approximate surface area is 197 Å². The molecule has 0 aromatic heterocycles. The van der Waals surface area contributed by atoms with E-state index in [2.05, 4.69) is 5.32 Å². The summed E-state index contributed by atoms with van der Waals surface area (Å²) in [6.07, 6.45) is 2.07. The zero-order valence-corrected chi connectivity index (χ0v) is 19.6. The van der Waals surface area contributed by atoms with Crippen LogP contribution in [0.4, 0.5) is 10.5 Å². The van der Waals surface area contributed by atoms with Gasteiger partial charge in [0, 0.05) is 0 Å². The molecule has 1 N–H and O–H groups in total. The molecule has 33 heavy (non-hydrogen) atoms. The number of hydrogen-bond donors (Lipinski definition) is 1. The molecule has 1 heterocycles. The van der Waals surface area contributed by atoms with Gasteiger partial charge in [-0.1, -0.05) is 18.5 Å². The maximum atomic E-state index is 13.1. The van der Waals surface area contributed by atoms with Crippen molar-refractivity contribution >= 4 is 41.2 Å². The summed E-state index contributed by atoms with van der Waals surface area (Å²) >= 11 is 6.35. The highest BCUT2D eigenvalue weighted by molar-refractivity contribution is 6.39. The number of rotatable bonds is 8. The van der Waals surface area contributed by atoms with Crippen LogP contribution in [-0.4, -0.2) is 37.7 Å². The predicted molar refractivity (Wildman–Crippen MR) is 125 cm³/mol. The number of benzene rings is 2. The van der Waals surface area contributed by atoms with Crippen molar-refractivity contribution in [3.8, 4) is 17.2 Å². The number of methoxy groups -OCH3 is 1. The minimum absolute atomic E-state index is 0.135. The van der Waals surface area contributed by atoms with Crippen LogP contribution < -0.4 is 24.4 Å². The van der Waals surface area contributed by atoms with E-state index < -0.39 is 17.8 Å². The topological polar surface area (TPSA) is 94.2 Å². The van der Waals surface area contributed by atoms with Gasteiger partial charge >= 0.3 is 6.03 Å². The molecular weight excluding hydrogens is 448 g/mol. The standard InChI is InChI=1S/C24H25ClN2O6/c1-5-10-32-17-8-6-16(7-9-17)27-23(29)18(22(28)26-24(27)30)11-15-12-19(25)21(33-14(2)3)20(13-15)31-4/h6-9,11-14H,5,10H2,1-4H3,(H,26,28,30)/b18-11-. The van der Waals surface area contributed by atoms with E-state index in [-0.39, 0.29) is 16.7 Å². The molecular formula is C24H25ClN2O6. The third-order valence-corrected chi connectivity index (χ3v) is 4.87. The smallest absolute Gasteiger partial charge is 0.335 e. The molecule has 8 nitrogen and oxygen atoms in total. The van der Waals surface area contributed by atoms with Crippen molar-refractivity contribution in [1.82, 2.24) is 5.32 Å². The fraction of sp³-hybridized carbons (Fsp3) is 0.292. The number of barbiturate groups is 1. The molecule has 1 fully saturated rings. The summed E-state index contributed by atoms with van der Waals surface area (Å²) in [4.78, 5) is 38.9. The number of urea groups is 1. The highest BCUT2D eigenvalue weighted by Crippen LogP contribution is 2.38. The number of imide groups is 2. The van der Waals surface area contributed by atoms with Crippen molar-refractivity contribution in [2.45, 2.75) is 33.3 Å². The Morgan fingerprint density at radius 2 is 1.82 bits per heavy atom. The third-order valence-electron chi connectivity index (χ3n) is 4.59. The number of hydrogen-bond acceptors (Lipinski definition) is 6. The number of amides is 4. The first-order valence-electron chi connectivity index (χ1n) is 10.4. The highest BCUT2D eigenvalue weighted by Gasteiger charge is 2.37. The first-order valence-corrected chi connectivity index (χ1v) is 10.8. The lowest BCUT2D eigenvalue weighted by Gasteiger charge is -2.26. The van der Waals surface area contributed by atoms with Gasteiger partial charge < -0.3 is 14.2 Å². The van der Waals surface area contributed by atoms with Gasteiger partial charge in [-0.3, -0.25) is 14.9 Å². The fourth-order valence-corrected chi connectivity index (χ4v) is 3.41. The number of halogens is 1. The lowest BCUT2D eigenvalue weighted by atomic mass is 10.1. The number of nitrogens with zero attached hydrogens (tertiary/aromatic N) is 1. The molecule has 0 saturated carbocycles. The Morgan fingerprint density at radius 3 is 2.42 bits per heavy atom. The van der Waals surface area contributed by atoms with E-state index in [9.17, 15) is 14.4 Å². The summed E-state index contributed by atoms with van der Waals surface area (Å²) in [7, 11) is 1.46. The normalized spacial score (nSPS) is 15.2. The fourth-order valence-electron chi connectivity index (χ4n) is 3.14. The van der Waals surface area contributed by atoms with Gasteiger partial charge in [0.25, 0.3) is 11.8 Å². The van der Waals surface area contributed by atoms with Crippen LogP contribution in [0.3, 0.4) is 0 Å². The van der Waals surface area contributed by atoms with E-state index in [4.69, 9.17) is 25.8 Å². The zero-order chi connectivity index (χ0) is 24.1. The molecule has 2 aromatic carbocycles. The van der Waals surface area contributed by atoms with E-state index in [1.54, 1.807) is 36.4 Å². The van der Waals surface area contributed by atoms with Crippen LogP contribution in [0.5, 0.6) is 17.2 Å². The number of carbonyl (C=O) groups excluding carboxylic acids is 3. The van der Waals surface area contributed by atoms with Gasteiger partial charge in [-0.05, 0) is 68.3 Å². The van der Waals surface area contributed by atoms with Crippen LogP contribution in [0.1, 0.15) is 32.8 Å². The molecule has 2 aromatic rings. The lowest BCUT2D eigenvalue weighted by Crippen LogP contribution is -2.54. The van der Waals surface area contributed by atoms with Gasteiger partial charge in [0.05, 0.1) is 30.5 Å². The zero-order valence-electron chi connectivity index (χ0n) is 18.8. The number of nitrogens with one attached hydrogen (secondary N) is 1. The Kier molecular flexibility index (Phi) is 7.60. The maximum absolute atomic E-state index is 13.1. The number of anilines is 1. The minimum Gasteiger partial charge on any atom is -0.494 e. The third kappa shape index (κ3) is 5.46. The Bertz CT molecular complexity index is 1090. The molecule has 0 aliphatic carbocycles. The van der Waals surface area contributed by atoms with Crippen molar-refractivity contribution < 1.29 is 28.6 Å². The molecule has 0 bridgehead atoms. The quantitative estimate of drug-likeness (QED) is 0.446. The van der Waals surface area contributed by atoms with Crippen LogP contribution in [0.2, 0.25) is 5.02 Å². The summed E-state index contributed by atoms with van der Waals surface area (Å²) in [5.41, 5.74) is 0.511. The molecule has 0 radical (unpaired) electrons. The second-order valence-corrected chi connectivity index (χ2v) is 7.91. The van der Waals surface area contributed by atoms with Crippen molar-refractivity contribution in [2.24, 2.45) is 0 Å². The summed E-state index contributed by atoms with van der Waals surface area (Å²) in [5.74, 6) is -0.242. The molecule has 174 valence electrons. The van der Waals surface area contributed by atoms with E-state index in [1.165, 1.54) is 13.2 Å². The predicted octanol–water partition coefficient (Wildman–Crippen LogP) is 4.59. The summed E-state index contributed by atoms with van der Waals surface area (Å²) in [5, 5.41) is 2.46. The van der Waals surface area contributed by atoms with E-state index in [0.717, 1.165) is 11.3 Å². The van der Waals surface area contributed by atoms with Gasteiger partial charge in [0.2, 0.25) is 0 Å². The maximum Gasteiger partial charge on any atom is 0.335 e. The molecule has 3 rings (SSSR count). The van der Waals surface area contributed by atoms with Gasteiger partial charge in [0.15, 0.2) is 11.5 Å². The van der Waals surface area contributed by atoms with Crippen molar-refractivity contribution in [3.05, 3.63) is 52.6 Å². The van der Waals surface area contributed by atoms with Gasteiger partial charge in [-0.2, -0.15) is 0 Å². The first-order chi connectivity index (χ1) is 15.7. The average Bonchev–Trinajstić information content (AvgIpc) is 2.77. The Balaban J connectivity index is 1.94. The van der Waals surface area contributed by atoms with Crippen LogP contribution in [0, 0.1) is 0 Å².